The fraction of sp³-hybridized carbons (Fsp3) is 0.133. The first kappa shape index (κ1) is 13.4. The van der Waals surface area contributed by atoms with Crippen LogP contribution in [0.4, 0.5) is 5.69 Å². The SMILES string of the molecule is N#Cc1ccc(Cl)cc1NCc1ccc(CO)cc1. The van der Waals surface area contributed by atoms with Crippen LogP contribution in [0.1, 0.15) is 16.7 Å². The lowest BCUT2D eigenvalue weighted by molar-refractivity contribution is 0.282. The molecule has 0 bridgehead atoms. The molecule has 0 aliphatic heterocycles. The second-order valence-corrected chi connectivity index (χ2v) is 4.57. The highest BCUT2D eigenvalue weighted by Gasteiger charge is 2.02. The van der Waals surface area contributed by atoms with Gasteiger partial charge in [0.05, 0.1) is 17.9 Å². The van der Waals surface area contributed by atoms with E-state index in [1.165, 1.54) is 0 Å². The van der Waals surface area contributed by atoms with Gasteiger partial charge in [-0.2, -0.15) is 5.26 Å². The molecule has 0 unspecified atom stereocenters. The maximum atomic E-state index is 9.01. The number of rotatable bonds is 4. The largest absolute Gasteiger partial charge is 0.392 e. The van der Waals surface area contributed by atoms with Gasteiger partial charge in [-0.25, -0.2) is 0 Å². The van der Waals surface area contributed by atoms with Crippen molar-refractivity contribution >= 4 is 17.3 Å². The Morgan fingerprint density at radius 2 is 1.79 bits per heavy atom. The van der Waals surface area contributed by atoms with Gasteiger partial charge in [-0.15, -0.1) is 0 Å². The Morgan fingerprint density at radius 3 is 2.42 bits per heavy atom. The number of nitriles is 1. The molecule has 0 radical (unpaired) electrons. The number of hydrogen-bond acceptors (Lipinski definition) is 3. The molecule has 0 spiro atoms. The highest BCUT2D eigenvalue weighted by Crippen LogP contribution is 2.21. The maximum absolute atomic E-state index is 9.01. The van der Waals surface area contributed by atoms with E-state index in [0.29, 0.717) is 17.1 Å². The van der Waals surface area contributed by atoms with Crippen LogP contribution in [0.25, 0.3) is 0 Å². The van der Waals surface area contributed by atoms with Crippen molar-refractivity contribution in [3.63, 3.8) is 0 Å². The van der Waals surface area contributed by atoms with Gasteiger partial charge in [-0.05, 0) is 29.3 Å². The smallest absolute Gasteiger partial charge is 0.101 e. The monoisotopic (exact) mass is 272 g/mol. The quantitative estimate of drug-likeness (QED) is 0.898. The van der Waals surface area contributed by atoms with Gasteiger partial charge in [0.2, 0.25) is 0 Å². The van der Waals surface area contributed by atoms with E-state index in [1.54, 1.807) is 18.2 Å². The Bertz CT molecular complexity index is 603. The van der Waals surface area contributed by atoms with Crippen molar-refractivity contribution < 1.29 is 5.11 Å². The molecule has 0 aromatic heterocycles. The van der Waals surface area contributed by atoms with Crippen molar-refractivity contribution in [2.45, 2.75) is 13.2 Å². The lowest BCUT2D eigenvalue weighted by atomic mass is 10.1. The Morgan fingerprint density at radius 1 is 1.11 bits per heavy atom. The number of nitrogens with one attached hydrogen (secondary N) is 1. The van der Waals surface area contributed by atoms with Crippen LogP contribution in [0.3, 0.4) is 0 Å². The number of benzene rings is 2. The molecule has 0 saturated heterocycles. The first-order valence-electron chi connectivity index (χ1n) is 5.85. The van der Waals surface area contributed by atoms with Gasteiger partial charge in [-0.3, -0.25) is 0 Å². The normalized spacial score (nSPS) is 9.95. The zero-order chi connectivity index (χ0) is 13.7. The highest BCUT2D eigenvalue weighted by atomic mass is 35.5. The van der Waals surface area contributed by atoms with Crippen molar-refractivity contribution in [2.24, 2.45) is 0 Å². The lowest BCUT2D eigenvalue weighted by Gasteiger charge is -2.09. The van der Waals surface area contributed by atoms with Crippen LogP contribution in [0.2, 0.25) is 5.02 Å². The fourth-order valence-corrected chi connectivity index (χ4v) is 1.89. The van der Waals surface area contributed by atoms with Crippen LogP contribution < -0.4 is 5.32 Å². The van der Waals surface area contributed by atoms with Crippen molar-refractivity contribution in [3.05, 3.63) is 64.2 Å². The van der Waals surface area contributed by atoms with Gasteiger partial charge >= 0.3 is 0 Å². The van der Waals surface area contributed by atoms with E-state index in [9.17, 15) is 0 Å². The van der Waals surface area contributed by atoms with E-state index >= 15 is 0 Å². The summed E-state index contributed by atoms with van der Waals surface area (Å²) in [4.78, 5) is 0. The third-order valence-electron chi connectivity index (χ3n) is 2.79. The summed E-state index contributed by atoms with van der Waals surface area (Å²) in [7, 11) is 0. The minimum atomic E-state index is 0.0422. The van der Waals surface area contributed by atoms with Gasteiger partial charge < -0.3 is 10.4 Å². The van der Waals surface area contributed by atoms with E-state index in [1.807, 2.05) is 24.3 Å². The predicted molar refractivity (Wildman–Crippen MR) is 75.9 cm³/mol. The van der Waals surface area contributed by atoms with Gasteiger partial charge in [0.25, 0.3) is 0 Å². The second-order valence-electron chi connectivity index (χ2n) is 4.13. The molecular weight excluding hydrogens is 260 g/mol. The molecule has 2 aromatic carbocycles. The van der Waals surface area contributed by atoms with E-state index < -0.39 is 0 Å². The van der Waals surface area contributed by atoms with Crippen LogP contribution in [0, 0.1) is 11.3 Å². The fourth-order valence-electron chi connectivity index (χ4n) is 1.72. The Kier molecular flexibility index (Phi) is 4.40. The average Bonchev–Trinajstić information content (AvgIpc) is 2.46. The molecule has 0 fully saturated rings. The summed E-state index contributed by atoms with van der Waals surface area (Å²) in [5.41, 5.74) is 3.24. The number of anilines is 1. The van der Waals surface area contributed by atoms with Crippen LogP contribution in [-0.4, -0.2) is 5.11 Å². The predicted octanol–water partition coefficient (Wildman–Crippen LogP) is 3.32. The molecule has 19 heavy (non-hydrogen) atoms. The molecule has 2 rings (SSSR count). The van der Waals surface area contributed by atoms with E-state index in [0.717, 1.165) is 16.8 Å². The van der Waals surface area contributed by atoms with Gasteiger partial charge in [0.1, 0.15) is 6.07 Å². The van der Waals surface area contributed by atoms with Crippen LogP contribution in [0.5, 0.6) is 0 Å². The first-order chi connectivity index (χ1) is 9.22. The molecule has 0 saturated carbocycles. The van der Waals surface area contributed by atoms with E-state index in [2.05, 4.69) is 11.4 Å². The van der Waals surface area contributed by atoms with Crippen LogP contribution in [-0.2, 0) is 13.2 Å². The molecule has 96 valence electrons. The van der Waals surface area contributed by atoms with Crippen molar-refractivity contribution in [3.8, 4) is 6.07 Å². The minimum Gasteiger partial charge on any atom is -0.392 e. The van der Waals surface area contributed by atoms with Crippen LogP contribution in [0.15, 0.2) is 42.5 Å². The van der Waals surface area contributed by atoms with Crippen molar-refractivity contribution in [1.29, 1.82) is 5.26 Å². The summed E-state index contributed by atoms with van der Waals surface area (Å²) < 4.78 is 0. The summed E-state index contributed by atoms with van der Waals surface area (Å²) in [6.45, 7) is 0.640. The molecule has 0 heterocycles. The van der Waals surface area contributed by atoms with Gasteiger partial charge in [0.15, 0.2) is 0 Å². The molecule has 2 aromatic rings. The number of hydrogen-bond donors (Lipinski definition) is 2. The van der Waals surface area contributed by atoms with Gasteiger partial charge in [0, 0.05) is 11.6 Å². The average molecular weight is 273 g/mol. The number of halogens is 1. The van der Waals surface area contributed by atoms with Gasteiger partial charge in [-0.1, -0.05) is 35.9 Å². The first-order valence-corrected chi connectivity index (χ1v) is 6.23. The summed E-state index contributed by atoms with van der Waals surface area (Å²) in [6.07, 6.45) is 0. The number of aliphatic hydroxyl groups excluding tert-OH is 1. The Hall–Kier alpha value is -2.02. The van der Waals surface area contributed by atoms with Crippen molar-refractivity contribution in [1.82, 2.24) is 0 Å². The molecule has 0 aliphatic carbocycles. The van der Waals surface area contributed by atoms with E-state index in [4.69, 9.17) is 22.0 Å². The van der Waals surface area contributed by atoms with E-state index in [-0.39, 0.29) is 6.61 Å². The molecule has 2 N–H and O–H groups in total. The number of aliphatic hydroxyl groups is 1. The molecule has 0 atom stereocenters. The van der Waals surface area contributed by atoms with Crippen LogP contribution >= 0.6 is 11.6 Å². The lowest BCUT2D eigenvalue weighted by Crippen LogP contribution is -2.01. The third-order valence-corrected chi connectivity index (χ3v) is 3.03. The highest BCUT2D eigenvalue weighted by molar-refractivity contribution is 6.30. The summed E-state index contributed by atoms with van der Waals surface area (Å²) in [5.74, 6) is 0. The van der Waals surface area contributed by atoms with Crippen molar-refractivity contribution in [2.75, 3.05) is 5.32 Å². The number of nitrogens with zero attached hydrogens (tertiary/aromatic N) is 1. The molecule has 0 aliphatic rings. The minimum absolute atomic E-state index is 0.0422. The Labute approximate surface area is 117 Å². The molecule has 0 amide bonds. The zero-order valence-corrected chi connectivity index (χ0v) is 11.0. The summed E-state index contributed by atoms with van der Waals surface area (Å²) >= 11 is 5.92. The topological polar surface area (TPSA) is 56.0 Å². The Balaban J connectivity index is 2.09. The second kappa shape index (κ2) is 6.24. The molecule has 4 heteroatoms. The summed E-state index contributed by atoms with van der Waals surface area (Å²) in [6, 6.07) is 14.9. The zero-order valence-electron chi connectivity index (χ0n) is 10.2. The molecule has 3 nitrogen and oxygen atoms in total. The summed E-state index contributed by atoms with van der Waals surface area (Å²) in [5, 5.41) is 21.8. The molecular formula is C15H13ClN2O. The maximum Gasteiger partial charge on any atom is 0.101 e. The third kappa shape index (κ3) is 3.47. The standard InChI is InChI=1S/C15H13ClN2O/c16-14-6-5-13(8-17)15(7-14)18-9-11-1-3-12(10-19)4-2-11/h1-7,18-19H,9-10H2.